The van der Waals surface area contributed by atoms with Gasteiger partial charge in [-0.3, -0.25) is 9.36 Å². The molecule has 2 N–H and O–H groups in total. The van der Waals surface area contributed by atoms with E-state index in [4.69, 9.17) is 9.05 Å². The summed E-state index contributed by atoms with van der Waals surface area (Å²) in [5.41, 5.74) is 0. The van der Waals surface area contributed by atoms with Crippen molar-refractivity contribution in [1.29, 1.82) is 0 Å². The number of carbonyl (C=O) groups is 1. The van der Waals surface area contributed by atoms with Gasteiger partial charge in [0, 0.05) is 6.42 Å². The number of phosphoric acid groups is 1. The van der Waals surface area contributed by atoms with Crippen LogP contribution >= 0.6 is 7.82 Å². The van der Waals surface area contributed by atoms with Crippen molar-refractivity contribution in [3.05, 3.63) is 109 Å². The van der Waals surface area contributed by atoms with Gasteiger partial charge < -0.3 is 28.8 Å². The van der Waals surface area contributed by atoms with Gasteiger partial charge in [-0.1, -0.05) is 175 Å². The van der Waals surface area contributed by atoms with E-state index in [0.29, 0.717) is 23.9 Å². The van der Waals surface area contributed by atoms with Crippen LogP contribution in [0.25, 0.3) is 0 Å². The van der Waals surface area contributed by atoms with Crippen LogP contribution in [0.2, 0.25) is 0 Å². The van der Waals surface area contributed by atoms with Gasteiger partial charge in [0.15, 0.2) is 0 Å². The Morgan fingerprint density at radius 2 is 1.02 bits per heavy atom. The molecular weight excluding hydrogens is 768 g/mol. The van der Waals surface area contributed by atoms with Crippen LogP contribution in [0.1, 0.15) is 155 Å². The van der Waals surface area contributed by atoms with Gasteiger partial charge in [-0.2, -0.15) is 0 Å². The van der Waals surface area contributed by atoms with Gasteiger partial charge in [-0.15, -0.1) is 0 Å². The molecule has 3 atom stereocenters. The molecule has 1 amide bonds. The van der Waals surface area contributed by atoms with Crippen molar-refractivity contribution < 1.29 is 32.9 Å². The molecule has 8 nitrogen and oxygen atoms in total. The summed E-state index contributed by atoms with van der Waals surface area (Å²) in [6, 6.07) is -0.823. The van der Waals surface area contributed by atoms with Gasteiger partial charge in [0.1, 0.15) is 13.2 Å². The van der Waals surface area contributed by atoms with E-state index < -0.39 is 20.0 Å². The lowest BCUT2D eigenvalue weighted by atomic mass is 10.0. The van der Waals surface area contributed by atoms with Crippen molar-refractivity contribution in [3.8, 4) is 0 Å². The molecule has 0 aromatic carbocycles. The Hall–Kier alpha value is -2.84. The largest absolute Gasteiger partial charge is 0.756 e. The molecule has 9 heteroatoms. The number of nitrogens with one attached hydrogen (secondary N) is 1. The summed E-state index contributed by atoms with van der Waals surface area (Å²) in [5.74, 6) is -0.207. The highest BCUT2D eigenvalue weighted by Gasteiger charge is 2.24. The van der Waals surface area contributed by atoms with Gasteiger partial charge in [0.25, 0.3) is 7.82 Å². The van der Waals surface area contributed by atoms with Gasteiger partial charge in [0.05, 0.1) is 39.9 Å². The van der Waals surface area contributed by atoms with Crippen LogP contribution in [0.3, 0.4) is 0 Å². The first kappa shape index (κ1) is 57.2. The highest BCUT2D eigenvalue weighted by atomic mass is 31.2. The Labute approximate surface area is 368 Å². The molecule has 0 heterocycles. The maximum atomic E-state index is 12.8. The number of unbranched alkanes of at least 4 members (excludes halogenated alkanes) is 9. The lowest BCUT2D eigenvalue weighted by Gasteiger charge is -2.30. The zero-order chi connectivity index (χ0) is 44.3. The fourth-order valence-electron chi connectivity index (χ4n) is 5.85. The van der Waals surface area contributed by atoms with E-state index in [1.54, 1.807) is 0 Å². The minimum Gasteiger partial charge on any atom is -0.756 e. The van der Waals surface area contributed by atoms with Crippen LogP contribution in [-0.4, -0.2) is 68.5 Å². The number of aliphatic hydroxyl groups excluding tert-OH is 1. The second-order valence-corrected chi connectivity index (χ2v) is 17.8. The quantitative estimate of drug-likeness (QED) is 0.0275. The molecule has 0 spiro atoms. The Balaban J connectivity index is 4.22. The van der Waals surface area contributed by atoms with Gasteiger partial charge in [-0.05, 0) is 83.5 Å². The first-order valence-corrected chi connectivity index (χ1v) is 24.7. The fourth-order valence-corrected chi connectivity index (χ4v) is 6.58. The summed E-state index contributed by atoms with van der Waals surface area (Å²) < 4.78 is 23.1. The maximum Gasteiger partial charge on any atom is 0.268 e. The predicted octanol–water partition coefficient (Wildman–Crippen LogP) is 12.7. The van der Waals surface area contributed by atoms with Gasteiger partial charge in [0.2, 0.25) is 5.91 Å². The fraction of sp³-hybridized carbons (Fsp3) is 0.627. The maximum absolute atomic E-state index is 12.8. The third-order valence-corrected chi connectivity index (χ3v) is 10.5. The molecule has 0 bridgehead atoms. The zero-order valence-electron chi connectivity index (χ0n) is 38.6. The van der Waals surface area contributed by atoms with E-state index in [2.05, 4.69) is 129 Å². The van der Waals surface area contributed by atoms with Crippen LogP contribution in [0, 0.1) is 0 Å². The number of phosphoric ester groups is 1. The van der Waals surface area contributed by atoms with Crippen molar-refractivity contribution in [3.63, 3.8) is 0 Å². The molecular formula is C51H87N2O6P. The van der Waals surface area contributed by atoms with Gasteiger partial charge >= 0.3 is 0 Å². The molecule has 0 aliphatic rings. The Morgan fingerprint density at radius 3 is 1.47 bits per heavy atom. The van der Waals surface area contributed by atoms with Crippen LogP contribution in [-0.2, 0) is 18.4 Å². The number of amides is 1. The molecule has 342 valence electrons. The smallest absolute Gasteiger partial charge is 0.268 e. The van der Waals surface area contributed by atoms with Crippen molar-refractivity contribution in [2.45, 2.75) is 167 Å². The molecule has 3 unspecified atom stereocenters. The second kappa shape index (κ2) is 41.5. The molecule has 0 saturated carbocycles. The first-order chi connectivity index (χ1) is 29.0. The third-order valence-electron chi connectivity index (χ3n) is 9.53. The number of allylic oxidation sites excluding steroid dienone is 18. The molecule has 0 aliphatic carbocycles. The van der Waals surface area contributed by atoms with Crippen molar-refractivity contribution in [2.24, 2.45) is 0 Å². The lowest BCUT2D eigenvalue weighted by Crippen LogP contribution is -2.46. The predicted molar refractivity (Wildman–Crippen MR) is 256 cm³/mol. The Morgan fingerprint density at radius 1 is 0.600 bits per heavy atom. The SMILES string of the molecule is CC/C=C\C/C=C\C/C=C\C/C=C\C/C=C\C/C=C\C/C=C\C/C=C\C/C=C\CCCCCC(=O)NC(COP(=O)([O-])OCC[N+](C)(C)C)C(O)CCCCCCCCC. The number of rotatable bonds is 40. The molecule has 0 aromatic heterocycles. The van der Waals surface area contributed by atoms with Crippen molar-refractivity contribution >= 4 is 13.7 Å². The highest BCUT2D eigenvalue weighted by Crippen LogP contribution is 2.38. The van der Waals surface area contributed by atoms with Crippen molar-refractivity contribution in [1.82, 2.24) is 5.32 Å². The number of aliphatic hydroxyl groups is 1. The van der Waals surface area contributed by atoms with E-state index in [1.165, 1.54) is 25.7 Å². The normalized spacial score (nSPS) is 15.2. The van der Waals surface area contributed by atoms with E-state index in [1.807, 2.05) is 21.1 Å². The summed E-state index contributed by atoms with van der Waals surface area (Å²) in [4.78, 5) is 25.2. The number of carbonyl (C=O) groups excluding carboxylic acids is 1. The molecule has 0 rings (SSSR count). The summed E-state index contributed by atoms with van der Waals surface area (Å²) in [5, 5.41) is 13.8. The number of nitrogens with zero attached hydrogens (tertiary/aromatic N) is 1. The topological polar surface area (TPSA) is 108 Å². The Kier molecular flexibility index (Phi) is 39.5. The average Bonchev–Trinajstić information content (AvgIpc) is 3.20. The minimum atomic E-state index is -4.57. The number of hydrogen-bond acceptors (Lipinski definition) is 6. The minimum absolute atomic E-state index is 0.00177. The molecule has 0 saturated heterocycles. The summed E-state index contributed by atoms with van der Waals surface area (Å²) in [6.45, 7) is 4.49. The van der Waals surface area contributed by atoms with E-state index in [0.717, 1.165) is 103 Å². The number of quaternary nitrogens is 1. The summed E-state index contributed by atoms with van der Waals surface area (Å²) in [7, 11) is 1.26. The molecule has 0 aromatic rings. The standard InChI is InChI=1S/C51H87N2O6P/c1-6-8-10-12-14-15-16-17-18-19-20-21-22-23-24-25-26-27-28-29-30-31-32-33-34-35-36-37-39-41-43-45-51(55)52-49(50(54)44-42-40-38-13-11-9-7-2)48-59-60(56,57)58-47-46-53(3,4)5/h8,10,14-15,17-18,20-21,23-24,26-27,29-30,32-33,35-36,49-50,54H,6-7,9,11-13,16,19,22,25,28,31,34,37-48H2,1-5H3,(H-,52,55,56,57)/b10-8-,15-14-,18-17-,21-20-,24-23-,27-26-,30-29-,33-32-,36-35-. The number of likely N-dealkylation sites (N-methyl/N-ethyl adjacent to an activating group) is 1. The monoisotopic (exact) mass is 855 g/mol. The van der Waals surface area contributed by atoms with Crippen LogP contribution in [0.5, 0.6) is 0 Å². The second-order valence-electron chi connectivity index (χ2n) is 16.4. The molecule has 0 radical (unpaired) electrons. The summed E-state index contributed by atoms with van der Waals surface area (Å²) >= 11 is 0. The van der Waals surface area contributed by atoms with E-state index in [9.17, 15) is 19.4 Å². The first-order valence-electron chi connectivity index (χ1n) is 23.2. The zero-order valence-corrected chi connectivity index (χ0v) is 39.5. The van der Waals surface area contributed by atoms with Crippen LogP contribution in [0.4, 0.5) is 0 Å². The van der Waals surface area contributed by atoms with E-state index in [-0.39, 0.29) is 19.1 Å². The molecule has 0 aliphatic heterocycles. The highest BCUT2D eigenvalue weighted by molar-refractivity contribution is 7.45. The lowest BCUT2D eigenvalue weighted by molar-refractivity contribution is -0.870. The van der Waals surface area contributed by atoms with Crippen molar-refractivity contribution in [2.75, 3.05) is 40.9 Å². The van der Waals surface area contributed by atoms with Crippen LogP contribution < -0.4 is 10.2 Å². The van der Waals surface area contributed by atoms with Gasteiger partial charge in [-0.25, -0.2) is 0 Å². The Bertz CT molecular complexity index is 1340. The molecule has 60 heavy (non-hydrogen) atoms. The summed E-state index contributed by atoms with van der Waals surface area (Å²) in [6.07, 6.45) is 59.9. The molecule has 0 fully saturated rings. The van der Waals surface area contributed by atoms with Crippen LogP contribution in [0.15, 0.2) is 109 Å². The number of hydrogen-bond donors (Lipinski definition) is 2. The van der Waals surface area contributed by atoms with E-state index >= 15 is 0 Å². The third kappa shape index (κ3) is 43.3. The average molecular weight is 855 g/mol.